The van der Waals surface area contributed by atoms with E-state index in [4.69, 9.17) is 4.74 Å². The molecule has 0 aromatic heterocycles. The van der Waals surface area contributed by atoms with Crippen molar-refractivity contribution in [3.63, 3.8) is 0 Å². The van der Waals surface area contributed by atoms with E-state index in [1.54, 1.807) is 75.6 Å². The van der Waals surface area contributed by atoms with Gasteiger partial charge in [0, 0.05) is 24.9 Å². The standard InChI is InChI=1S/C20H24N2O4S/c1-4-22(5-2)27(24,25)19-13-6-16(7-14-19)8-15-20(23)21-17-9-11-18(26-3)12-10-17/h6-15H,4-5H2,1-3H3,(H,21,23)/b15-8+. The number of methoxy groups -OCH3 is 1. The molecule has 0 bridgehead atoms. The molecule has 0 aliphatic heterocycles. The summed E-state index contributed by atoms with van der Waals surface area (Å²) in [6.45, 7) is 4.46. The van der Waals surface area contributed by atoms with Crippen molar-refractivity contribution in [1.82, 2.24) is 4.31 Å². The van der Waals surface area contributed by atoms with E-state index in [0.29, 0.717) is 24.5 Å². The van der Waals surface area contributed by atoms with E-state index in [9.17, 15) is 13.2 Å². The highest BCUT2D eigenvalue weighted by Crippen LogP contribution is 2.17. The van der Waals surface area contributed by atoms with Crippen LogP contribution in [0.4, 0.5) is 5.69 Å². The van der Waals surface area contributed by atoms with Crippen LogP contribution >= 0.6 is 0 Å². The van der Waals surface area contributed by atoms with E-state index < -0.39 is 10.0 Å². The molecule has 0 saturated heterocycles. The van der Waals surface area contributed by atoms with Gasteiger partial charge in [0.2, 0.25) is 15.9 Å². The van der Waals surface area contributed by atoms with Gasteiger partial charge in [0.25, 0.3) is 0 Å². The van der Waals surface area contributed by atoms with E-state index in [1.165, 1.54) is 10.4 Å². The maximum absolute atomic E-state index is 12.5. The summed E-state index contributed by atoms with van der Waals surface area (Å²) in [5, 5.41) is 2.75. The van der Waals surface area contributed by atoms with Crippen LogP contribution in [-0.2, 0) is 14.8 Å². The van der Waals surface area contributed by atoms with Crippen LogP contribution in [0.1, 0.15) is 19.4 Å². The number of carbonyl (C=O) groups excluding carboxylic acids is 1. The molecule has 2 aromatic carbocycles. The number of carbonyl (C=O) groups is 1. The maximum atomic E-state index is 12.5. The Balaban J connectivity index is 2.03. The van der Waals surface area contributed by atoms with Crippen molar-refractivity contribution in [3.8, 4) is 5.75 Å². The van der Waals surface area contributed by atoms with Crippen LogP contribution in [0.3, 0.4) is 0 Å². The van der Waals surface area contributed by atoms with Crippen LogP contribution < -0.4 is 10.1 Å². The Kier molecular flexibility index (Phi) is 7.15. The van der Waals surface area contributed by atoms with Gasteiger partial charge in [-0.2, -0.15) is 4.31 Å². The predicted octanol–water partition coefficient (Wildman–Crippen LogP) is 3.38. The van der Waals surface area contributed by atoms with Crippen LogP contribution in [0.15, 0.2) is 59.5 Å². The van der Waals surface area contributed by atoms with E-state index in [2.05, 4.69) is 5.32 Å². The zero-order chi connectivity index (χ0) is 19.9. The quantitative estimate of drug-likeness (QED) is 0.704. The normalized spacial score (nSPS) is 11.7. The molecule has 0 fully saturated rings. The van der Waals surface area contributed by atoms with E-state index in [0.717, 1.165) is 5.56 Å². The molecule has 0 radical (unpaired) electrons. The van der Waals surface area contributed by atoms with Crippen LogP contribution in [0, 0.1) is 0 Å². The Labute approximate surface area is 160 Å². The molecule has 2 rings (SSSR count). The molecule has 27 heavy (non-hydrogen) atoms. The van der Waals surface area contributed by atoms with E-state index in [1.807, 2.05) is 0 Å². The number of ether oxygens (including phenoxy) is 1. The molecular weight excluding hydrogens is 364 g/mol. The lowest BCUT2D eigenvalue weighted by atomic mass is 10.2. The van der Waals surface area contributed by atoms with Crippen molar-refractivity contribution in [2.45, 2.75) is 18.7 Å². The van der Waals surface area contributed by atoms with Crippen molar-refractivity contribution in [2.24, 2.45) is 0 Å². The number of rotatable bonds is 8. The van der Waals surface area contributed by atoms with E-state index >= 15 is 0 Å². The number of hydrogen-bond acceptors (Lipinski definition) is 4. The smallest absolute Gasteiger partial charge is 0.248 e. The fourth-order valence-electron chi connectivity index (χ4n) is 2.49. The van der Waals surface area contributed by atoms with Crippen LogP contribution in [0.25, 0.3) is 6.08 Å². The number of anilines is 1. The fraction of sp³-hybridized carbons (Fsp3) is 0.250. The highest BCUT2D eigenvalue weighted by Gasteiger charge is 2.20. The molecule has 7 heteroatoms. The number of hydrogen-bond donors (Lipinski definition) is 1. The topological polar surface area (TPSA) is 75.7 Å². The molecule has 6 nitrogen and oxygen atoms in total. The monoisotopic (exact) mass is 388 g/mol. The molecule has 144 valence electrons. The Morgan fingerprint density at radius 3 is 2.15 bits per heavy atom. The van der Waals surface area contributed by atoms with Crippen molar-refractivity contribution in [2.75, 3.05) is 25.5 Å². The Bertz CT molecular complexity index is 885. The van der Waals surface area contributed by atoms with Gasteiger partial charge in [0.05, 0.1) is 12.0 Å². The Hall–Kier alpha value is -2.64. The second kappa shape index (κ2) is 9.34. The largest absolute Gasteiger partial charge is 0.497 e. The number of sulfonamides is 1. The average Bonchev–Trinajstić information content (AvgIpc) is 2.68. The van der Waals surface area contributed by atoms with Gasteiger partial charge >= 0.3 is 0 Å². The summed E-state index contributed by atoms with van der Waals surface area (Å²) in [5.74, 6) is 0.434. The number of nitrogens with zero attached hydrogens (tertiary/aromatic N) is 1. The zero-order valence-corrected chi connectivity index (χ0v) is 16.5. The van der Waals surface area contributed by atoms with Gasteiger partial charge in [0.1, 0.15) is 5.75 Å². The molecule has 0 aliphatic carbocycles. The van der Waals surface area contributed by atoms with Crippen molar-refractivity contribution >= 4 is 27.7 Å². The van der Waals surface area contributed by atoms with Gasteiger partial charge in [-0.05, 0) is 48.0 Å². The number of benzene rings is 2. The zero-order valence-electron chi connectivity index (χ0n) is 15.7. The molecule has 0 aliphatic rings. The second-order valence-corrected chi connectivity index (χ2v) is 7.65. The molecule has 0 saturated carbocycles. The molecule has 1 N–H and O–H groups in total. The van der Waals surface area contributed by atoms with Gasteiger partial charge in [-0.15, -0.1) is 0 Å². The minimum absolute atomic E-state index is 0.242. The second-order valence-electron chi connectivity index (χ2n) is 5.71. The molecule has 0 unspecified atom stereocenters. The highest BCUT2D eigenvalue weighted by molar-refractivity contribution is 7.89. The summed E-state index contributed by atoms with van der Waals surface area (Å²) in [6, 6.07) is 13.5. The SMILES string of the molecule is CCN(CC)S(=O)(=O)c1ccc(/C=C/C(=O)Nc2ccc(OC)cc2)cc1. The lowest BCUT2D eigenvalue weighted by molar-refractivity contribution is -0.111. The lowest BCUT2D eigenvalue weighted by Gasteiger charge is -2.18. The van der Waals surface area contributed by atoms with Gasteiger partial charge < -0.3 is 10.1 Å². The number of nitrogens with one attached hydrogen (secondary N) is 1. The molecule has 0 heterocycles. The molecular formula is C20H24N2O4S. The lowest BCUT2D eigenvalue weighted by Crippen LogP contribution is -2.30. The molecule has 0 atom stereocenters. The predicted molar refractivity (Wildman–Crippen MR) is 107 cm³/mol. The summed E-state index contributed by atoms with van der Waals surface area (Å²) < 4.78 is 31.4. The van der Waals surface area contributed by atoms with Gasteiger partial charge in [-0.1, -0.05) is 26.0 Å². The summed E-state index contributed by atoms with van der Waals surface area (Å²) in [5.41, 5.74) is 1.39. The minimum Gasteiger partial charge on any atom is -0.497 e. The van der Waals surface area contributed by atoms with Crippen LogP contribution in [0.5, 0.6) is 5.75 Å². The first-order valence-electron chi connectivity index (χ1n) is 8.64. The first kappa shape index (κ1) is 20.7. The van der Waals surface area contributed by atoms with Crippen molar-refractivity contribution in [1.29, 1.82) is 0 Å². The minimum atomic E-state index is -3.48. The third-order valence-corrected chi connectivity index (χ3v) is 6.07. The highest BCUT2D eigenvalue weighted by atomic mass is 32.2. The van der Waals surface area contributed by atoms with Crippen LogP contribution in [-0.4, -0.2) is 38.8 Å². The first-order valence-corrected chi connectivity index (χ1v) is 10.1. The van der Waals surface area contributed by atoms with Gasteiger partial charge in [0.15, 0.2) is 0 Å². The van der Waals surface area contributed by atoms with Gasteiger partial charge in [-0.25, -0.2) is 8.42 Å². The third-order valence-electron chi connectivity index (χ3n) is 4.01. The molecule has 2 aromatic rings. The maximum Gasteiger partial charge on any atom is 0.248 e. The molecule has 1 amide bonds. The van der Waals surface area contributed by atoms with Crippen molar-refractivity contribution in [3.05, 3.63) is 60.2 Å². The van der Waals surface area contributed by atoms with Gasteiger partial charge in [-0.3, -0.25) is 4.79 Å². The Morgan fingerprint density at radius 1 is 1.04 bits per heavy atom. The van der Waals surface area contributed by atoms with E-state index in [-0.39, 0.29) is 10.8 Å². The average molecular weight is 388 g/mol. The van der Waals surface area contributed by atoms with Crippen molar-refractivity contribution < 1.29 is 17.9 Å². The Morgan fingerprint density at radius 2 is 1.63 bits per heavy atom. The summed E-state index contributed by atoms with van der Waals surface area (Å²) >= 11 is 0. The summed E-state index contributed by atoms with van der Waals surface area (Å²) in [7, 11) is -1.90. The number of amides is 1. The molecule has 0 spiro atoms. The summed E-state index contributed by atoms with van der Waals surface area (Å²) in [4.78, 5) is 12.2. The fourth-order valence-corrected chi connectivity index (χ4v) is 3.95. The first-order chi connectivity index (χ1) is 12.9. The summed E-state index contributed by atoms with van der Waals surface area (Å²) in [6.07, 6.45) is 3.03. The third kappa shape index (κ3) is 5.42. The van der Waals surface area contributed by atoms with Crippen LogP contribution in [0.2, 0.25) is 0 Å².